The van der Waals surface area contributed by atoms with Gasteiger partial charge in [-0.15, -0.1) is 11.3 Å². The van der Waals surface area contributed by atoms with Crippen LogP contribution in [0.1, 0.15) is 18.1 Å². The van der Waals surface area contributed by atoms with Gasteiger partial charge in [0.1, 0.15) is 11.4 Å². The molecular formula is C25H23N3O4S. The van der Waals surface area contributed by atoms with E-state index in [4.69, 9.17) is 9.47 Å². The van der Waals surface area contributed by atoms with E-state index in [2.05, 4.69) is 4.98 Å². The number of aromatic nitrogens is 2. The Kier molecular flexibility index (Phi) is 5.60. The molecule has 4 aromatic rings. The van der Waals surface area contributed by atoms with E-state index in [-0.39, 0.29) is 24.8 Å². The molecule has 1 aliphatic heterocycles. The van der Waals surface area contributed by atoms with Crippen LogP contribution in [0.25, 0.3) is 20.7 Å². The van der Waals surface area contributed by atoms with Crippen molar-refractivity contribution in [2.24, 2.45) is 0 Å². The Bertz CT molecular complexity index is 1390. The number of thiophene rings is 1. The molecule has 0 saturated carbocycles. The molecule has 5 rings (SSSR count). The number of nitrogens with zero attached hydrogens (tertiary/aromatic N) is 3. The molecule has 8 heteroatoms. The van der Waals surface area contributed by atoms with Crippen LogP contribution in [0.5, 0.6) is 11.5 Å². The second kappa shape index (κ2) is 8.71. The molecule has 0 saturated heterocycles. The van der Waals surface area contributed by atoms with E-state index in [0.29, 0.717) is 34.8 Å². The second-order valence-corrected chi connectivity index (χ2v) is 8.87. The molecule has 0 N–H and O–H groups in total. The fraction of sp³-hybridized carbons (Fsp3) is 0.240. The minimum absolute atomic E-state index is 0.0594. The lowest BCUT2D eigenvalue weighted by Crippen LogP contribution is -2.36. The summed E-state index contributed by atoms with van der Waals surface area (Å²) in [6, 6.07) is 15.6. The van der Waals surface area contributed by atoms with Crippen LogP contribution in [-0.2, 0) is 17.9 Å². The van der Waals surface area contributed by atoms with Crippen LogP contribution in [-0.4, -0.2) is 33.7 Å². The van der Waals surface area contributed by atoms with Crippen LogP contribution in [0, 0.1) is 6.92 Å². The Balaban J connectivity index is 1.39. The summed E-state index contributed by atoms with van der Waals surface area (Å²) in [7, 11) is 0. The monoisotopic (exact) mass is 461 g/mol. The molecule has 0 unspecified atom stereocenters. The van der Waals surface area contributed by atoms with E-state index in [1.165, 1.54) is 22.2 Å². The third kappa shape index (κ3) is 3.98. The van der Waals surface area contributed by atoms with Gasteiger partial charge in [-0.1, -0.05) is 36.4 Å². The minimum Gasteiger partial charge on any atom is -0.454 e. The van der Waals surface area contributed by atoms with Crippen LogP contribution >= 0.6 is 11.3 Å². The molecule has 1 aliphatic rings. The fourth-order valence-corrected chi connectivity index (χ4v) is 5.16. The molecule has 2 aromatic heterocycles. The molecule has 7 nitrogen and oxygen atoms in total. The van der Waals surface area contributed by atoms with Crippen LogP contribution in [0.4, 0.5) is 0 Å². The van der Waals surface area contributed by atoms with E-state index in [1.807, 2.05) is 62.4 Å². The number of rotatable bonds is 6. The van der Waals surface area contributed by atoms with E-state index < -0.39 is 0 Å². The van der Waals surface area contributed by atoms with E-state index >= 15 is 0 Å². The first-order valence-electron chi connectivity index (χ1n) is 10.8. The van der Waals surface area contributed by atoms with Gasteiger partial charge in [0.2, 0.25) is 12.7 Å². The third-order valence-corrected chi connectivity index (χ3v) is 7.05. The zero-order chi connectivity index (χ0) is 22.9. The molecule has 0 spiro atoms. The highest BCUT2D eigenvalue weighted by molar-refractivity contribution is 7.22. The highest BCUT2D eigenvalue weighted by Gasteiger charge is 2.20. The number of carbonyl (C=O) groups is 1. The Hall–Kier alpha value is -3.65. The molecule has 3 heterocycles. The maximum absolute atomic E-state index is 13.3. The van der Waals surface area contributed by atoms with E-state index in [0.717, 1.165) is 21.6 Å². The van der Waals surface area contributed by atoms with Crippen molar-refractivity contribution in [3.63, 3.8) is 0 Å². The average Bonchev–Trinajstić information content (AvgIpc) is 3.44. The van der Waals surface area contributed by atoms with Crippen LogP contribution in [0.2, 0.25) is 0 Å². The van der Waals surface area contributed by atoms with Gasteiger partial charge in [-0.2, -0.15) is 0 Å². The molecular weight excluding hydrogens is 438 g/mol. The number of fused-ring (bicyclic) bond motifs is 2. The lowest BCUT2D eigenvalue weighted by molar-refractivity contribution is -0.132. The zero-order valence-electron chi connectivity index (χ0n) is 18.4. The third-order valence-electron chi connectivity index (χ3n) is 5.80. The smallest absolute Gasteiger partial charge is 0.262 e. The van der Waals surface area contributed by atoms with Crippen LogP contribution < -0.4 is 15.0 Å². The highest BCUT2D eigenvalue weighted by Crippen LogP contribution is 2.35. The van der Waals surface area contributed by atoms with E-state index in [9.17, 15) is 9.59 Å². The highest BCUT2D eigenvalue weighted by atomic mass is 32.1. The molecule has 0 radical (unpaired) electrons. The minimum atomic E-state index is -0.191. The average molecular weight is 462 g/mol. The van der Waals surface area contributed by atoms with Gasteiger partial charge in [-0.25, -0.2) is 4.98 Å². The van der Waals surface area contributed by atoms with Crippen molar-refractivity contribution in [3.8, 4) is 21.9 Å². The first-order valence-corrected chi connectivity index (χ1v) is 11.6. The maximum atomic E-state index is 13.3. The van der Waals surface area contributed by atoms with Gasteiger partial charge in [0.25, 0.3) is 5.56 Å². The van der Waals surface area contributed by atoms with Gasteiger partial charge >= 0.3 is 0 Å². The Labute approximate surface area is 194 Å². The van der Waals surface area contributed by atoms with E-state index in [1.54, 1.807) is 4.90 Å². The fourth-order valence-electron chi connectivity index (χ4n) is 4.02. The van der Waals surface area contributed by atoms with Crippen molar-refractivity contribution in [2.45, 2.75) is 26.9 Å². The Morgan fingerprint density at radius 2 is 1.94 bits per heavy atom. The number of hydrogen-bond acceptors (Lipinski definition) is 6. The summed E-state index contributed by atoms with van der Waals surface area (Å²) in [5.74, 6) is 1.25. The quantitative estimate of drug-likeness (QED) is 0.430. The summed E-state index contributed by atoms with van der Waals surface area (Å²) >= 11 is 1.50. The number of amides is 1. The van der Waals surface area contributed by atoms with Crippen molar-refractivity contribution in [1.29, 1.82) is 0 Å². The Morgan fingerprint density at radius 3 is 2.73 bits per heavy atom. The molecule has 2 aromatic carbocycles. The van der Waals surface area contributed by atoms with Crippen molar-refractivity contribution < 1.29 is 14.3 Å². The summed E-state index contributed by atoms with van der Waals surface area (Å²) in [6.07, 6.45) is 1.47. The summed E-state index contributed by atoms with van der Waals surface area (Å²) in [4.78, 5) is 34.2. The van der Waals surface area contributed by atoms with Gasteiger partial charge in [0, 0.05) is 18.0 Å². The first kappa shape index (κ1) is 21.2. The normalized spacial score (nSPS) is 12.3. The van der Waals surface area contributed by atoms with Crippen molar-refractivity contribution >= 4 is 27.5 Å². The number of carbonyl (C=O) groups excluding carboxylic acids is 1. The predicted octanol–water partition coefficient (Wildman–Crippen LogP) is 4.21. The Morgan fingerprint density at radius 1 is 1.15 bits per heavy atom. The predicted molar refractivity (Wildman–Crippen MR) is 128 cm³/mol. The summed E-state index contributed by atoms with van der Waals surface area (Å²) in [5, 5.41) is 0.577. The van der Waals surface area contributed by atoms with Gasteiger partial charge in [0.15, 0.2) is 11.5 Å². The number of aryl methyl sites for hydroxylation is 1. The number of likely N-dealkylation sites (N-methyl/N-ethyl adjacent to an activating group) is 1. The second-order valence-electron chi connectivity index (χ2n) is 7.88. The topological polar surface area (TPSA) is 73.7 Å². The number of benzene rings is 2. The number of hydrogen-bond donors (Lipinski definition) is 0. The van der Waals surface area contributed by atoms with Crippen LogP contribution in [0.15, 0.2) is 59.7 Å². The molecule has 1 amide bonds. The summed E-state index contributed by atoms with van der Waals surface area (Å²) in [5.41, 5.74) is 2.70. The maximum Gasteiger partial charge on any atom is 0.262 e. The lowest BCUT2D eigenvalue weighted by atomic mass is 10.1. The lowest BCUT2D eigenvalue weighted by Gasteiger charge is -2.21. The van der Waals surface area contributed by atoms with Gasteiger partial charge in [-0.05, 0) is 42.7 Å². The molecule has 0 atom stereocenters. The molecule has 168 valence electrons. The zero-order valence-corrected chi connectivity index (χ0v) is 19.2. The molecule has 0 fully saturated rings. The largest absolute Gasteiger partial charge is 0.454 e. The standard InChI is InChI=1S/C25H23N3O4S/c1-3-27(12-17-9-10-19-20(11-17)32-15-31-19)21(29)13-28-14-26-24-22(25(28)30)16(2)23(33-24)18-7-5-4-6-8-18/h4-11,14H,3,12-13,15H2,1-2H3. The first-order chi connectivity index (χ1) is 16.0. The van der Waals surface area contributed by atoms with Gasteiger partial charge < -0.3 is 14.4 Å². The molecule has 0 bridgehead atoms. The van der Waals surface area contributed by atoms with Gasteiger partial charge in [-0.3, -0.25) is 14.2 Å². The number of ether oxygens (including phenoxy) is 2. The van der Waals surface area contributed by atoms with Crippen LogP contribution in [0.3, 0.4) is 0 Å². The van der Waals surface area contributed by atoms with Crippen molar-refractivity contribution in [2.75, 3.05) is 13.3 Å². The molecule has 33 heavy (non-hydrogen) atoms. The van der Waals surface area contributed by atoms with Crippen molar-refractivity contribution in [3.05, 3.63) is 76.3 Å². The van der Waals surface area contributed by atoms with Crippen molar-refractivity contribution in [1.82, 2.24) is 14.5 Å². The van der Waals surface area contributed by atoms with Gasteiger partial charge in [0.05, 0.1) is 11.7 Å². The SMILES string of the molecule is CCN(Cc1ccc2c(c1)OCO2)C(=O)Cn1cnc2sc(-c3ccccc3)c(C)c2c1=O. The summed E-state index contributed by atoms with van der Waals surface area (Å²) in [6.45, 7) is 4.95. The summed E-state index contributed by atoms with van der Waals surface area (Å²) < 4.78 is 12.2. The molecule has 0 aliphatic carbocycles.